The van der Waals surface area contributed by atoms with Crippen molar-refractivity contribution in [3.05, 3.63) is 40.2 Å². The van der Waals surface area contributed by atoms with Crippen molar-refractivity contribution in [2.75, 3.05) is 19.8 Å². The molecule has 0 spiro atoms. The molecule has 26 heavy (non-hydrogen) atoms. The molecule has 0 saturated carbocycles. The second-order valence-electron chi connectivity index (χ2n) is 6.40. The number of aromatic nitrogens is 2. The molecular weight excluding hydrogens is 356 g/mol. The number of hydrogen-bond acceptors (Lipinski definition) is 7. The number of thiol groups is 1. The highest BCUT2D eigenvalue weighted by Crippen LogP contribution is 2.22. The van der Waals surface area contributed by atoms with Gasteiger partial charge in [-0.15, -0.1) is 12.6 Å². The third-order valence-electron chi connectivity index (χ3n) is 3.95. The Balaban J connectivity index is 2.35. The fraction of sp³-hybridized carbons (Fsp3) is 0.412. The van der Waals surface area contributed by atoms with Gasteiger partial charge in [0.25, 0.3) is 5.91 Å². The second-order valence-corrected chi connectivity index (χ2v) is 6.94. The molecule has 142 valence electrons. The predicted molar refractivity (Wildman–Crippen MR) is 101 cm³/mol. The van der Waals surface area contributed by atoms with Gasteiger partial charge in [0.15, 0.2) is 0 Å². The van der Waals surface area contributed by atoms with Gasteiger partial charge in [-0.3, -0.25) is 4.79 Å². The average Bonchev–Trinajstić information content (AvgIpc) is 2.94. The van der Waals surface area contributed by atoms with E-state index < -0.39 is 24.7 Å². The number of nitrogens with one attached hydrogen (secondary N) is 1. The topological polar surface area (TPSA) is 122 Å². The van der Waals surface area contributed by atoms with E-state index in [0.717, 1.165) is 0 Å². The van der Waals surface area contributed by atoms with E-state index in [-0.39, 0.29) is 6.61 Å². The van der Waals surface area contributed by atoms with Crippen LogP contribution in [0.2, 0.25) is 0 Å². The van der Waals surface area contributed by atoms with Gasteiger partial charge in [0.05, 0.1) is 35.5 Å². The maximum Gasteiger partial charge on any atom is 0.255 e. The zero-order valence-corrected chi connectivity index (χ0v) is 15.9. The molecule has 0 atom stereocenters. The molecule has 0 radical (unpaired) electrons. The number of rotatable bonds is 7. The molecule has 2 heterocycles. The molecule has 0 bridgehead atoms. The van der Waals surface area contributed by atoms with Crippen LogP contribution in [0.25, 0.3) is 5.52 Å². The fourth-order valence-electron chi connectivity index (χ4n) is 2.25. The van der Waals surface area contributed by atoms with Crippen molar-refractivity contribution in [2.24, 2.45) is 5.73 Å². The Hall–Kier alpha value is -2.23. The van der Waals surface area contributed by atoms with Gasteiger partial charge in [0.2, 0.25) is 0 Å². The highest BCUT2D eigenvalue weighted by atomic mass is 32.1. The van der Waals surface area contributed by atoms with Crippen LogP contribution in [0.1, 0.15) is 29.9 Å². The Morgan fingerprint density at radius 2 is 2.12 bits per heavy atom. The largest absolute Gasteiger partial charge is 0.488 e. The van der Waals surface area contributed by atoms with Crippen LogP contribution in [0.5, 0.6) is 5.75 Å². The first-order chi connectivity index (χ1) is 12.2. The number of fused-ring (bicyclic) bond motifs is 1. The summed E-state index contributed by atoms with van der Waals surface area (Å²) < 4.78 is 7.22. The number of aryl methyl sites for hydroxylation is 1. The van der Waals surface area contributed by atoms with Gasteiger partial charge >= 0.3 is 0 Å². The molecule has 8 nitrogen and oxygen atoms in total. The minimum Gasteiger partial charge on any atom is -0.488 e. The molecular formula is C17H24N4O4S. The van der Waals surface area contributed by atoms with Crippen LogP contribution in [0.3, 0.4) is 0 Å². The number of nitrogens with zero attached hydrogens (tertiary/aromatic N) is 2. The molecule has 0 aliphatic rings. The Kier molecular flexibility index (Phi) is 6.17. The van der Waals surface area contributed by atoms with E-state index in [1.807, 2.05) is 0 Å². The number of aliphatic hydroxyl groups is 2. The van der Waals surface area contributed by atoms with Crippen molar-refractivity contribution < 1.29 is 19.7 Å². The first-order valence-corrected chi connectivity index (χ1v) is 8.45. The number of carbonyl (C=O) groups excluding carboxylic acids is 1. The van der Waals surface area contributed by atoms with Crippen LogP contribution in [0, 0.1) is 6.92 Å². The van der Waals surface area contributed by atoms with Crippen molar-refractivity contribution in [1.82, 2.24) is 14.9 Å². The molecule has 2 aromatic rings. The van der Waals surface area contributed by atoms with Crippen LogP contribution in [0.15, 0.2) is 28.9 Å². The summed E-state index contributed by atoms with van der Waals surface area (Å²) in [5, 5.41) is 25.7. The lowest BCUT2D eigenvalue weighted by Gasteiger charge is -2.26. The summed E-state index contributed by atoms with van der Waals surface area (Å²) in [4.78, 5) is 13.3. The molecule has 0 fully saturated rings. The highest BCUT2D eigenvalue weighted by molar-refractivity contribution is 7.84. The quantitative estimate of drug-likeness (QED) is 0.449. The van der Waals surface area contributed by atoms with E-state index in [9.17, 15) is 15.0 Å². The Morgan fingerprint density at radius 3 is 2.69 bits per heavy atom. The molecule has 0 saturated heterocycles. The lowest BCUT2D eigenvalue weighted by molar-refractivity contribution is 0.0724. The fourth-order valence-corrected chi connectivity index (χ4v) is 2.31. The molecule has 5 N–H and O–H groups in total. The van der Waals surface area contributed by atoms with Gasteiger partial charge in [0.1, 0.15) is 12.4 Å². The van der Waals surface area contributed by atoms with Gasteiger partial charge in [-0.05, 0) is 26.8 Å². The summed E-state index contributed by atoms with van der Waals surface area (Å²) in [6, 6.07) is 3.41. The maximum atomic E-state index is 12.7. The number of nitrogens with two attached hydrogens (primary N) is 1. The molecule has 0 aromatic carbocycles. The predicted octanol–water partition coefficient (Wildman–Crippen LogP) is 0.615. The van der Waals surface area contributed by atoms with E-state index >= 15 is 0 Å². The molecule has 0 unspecified atom stereocenters. The minimum atomic E-state index is -1.13. The van der Waals surface area contributed by atoms with Crippen LogP contribution >= 0.6 is 12.6 Å². The number of ether oxygens (including phenoxy) is 1. The standard InChI is InChI=1S/C17H24N4O4S/c1-10(18)14(26)7-25-12-4-5-21-13(6-12)15(11(2)20-21)16(24)19-17(3,8-22)9-23/h4-6,22-23,26H,7-9,18H2,1-3H3,(H,19,24)/b14-10-. The van der Waals surface area contributed by atoms with Crippen molar-refractivity contribution in [2.45, 2.75) is 26.3 Å². The lowest BCUT2D eigenvalue weighted by atomic mass is 10.0. The Morgan fingerprint density at radius 1 is 1.46 bits per heavy atom. The summed E-state index contributed by atoms with van der Waals surface area (Å²) in [5.41, 5.74) is 6.51. The van der Waals surface area contributed by atoms with Gasteiger partial charge in [-0.1, -0.05) is 0 Å². The first kappa shape index (κ1) is 20.1. The average molecular weight is 380 g/mol. The van der Waals surface area contributed by atoms with Crippen molar-refractivity contribution in [3.8, 4) is 5.75 Å². The zero-order valence-electron chi connectivity index (χ0n) is 15.0. The van der Waals surface area contributed by atoms with E-state index in [2.05, 4.69) is 23.0 Å². The summed E-state index contributed by atoms with van der Waals surface area (Å²) in [7, 11) is 0. The number of aliphatic hydroxyl groups excluding tert-OH is 2. The van der Waals surface area contributed by atoms with Gasteiger partial charge in [-0.2, -0.15) is 5.10 Å². The zero-order chi connectivity index (χ0) is 19.5. The number of hydrogen-bond donors (Lipinski definition) is 5. The van der Waals surface area contributed by atoms with Crippen LogP contribution in [0.4, 0.5) is 0 Å². The van der Waals surface area contributed by atoms with Gasteiger partial charge in [-0.25, -0.2) is 4.52 Å². The smallest absolute Gasteiger partial charge is 0.255 e. The molecule has 2 aromatic heterocycles. The third-order valence-corrected chi connectivity index (χ3v) is 4.43. The number of pyridine rings is 1. The number of amides is 1. The Bertz CT molecular complexity index is 839. The van der Waals surface area contributed by atoms with Crippen LogP contribution in [-0.4, -0.2) is 51.1 Å². The van der Waals surface area contributed by atoms with Crippen molar-refractivity contribution in [3.63, 3.8) is 0 Å². The highest BCUT2D eigenvalue weighted by Gasteiger charge is 2.28. The van der Waals surface area contributed by atoms with E-state index in [0.29, 0.717) is 33.1 Å². The van der Waals surface area contributed by atoms with Crippen LogP contribution < -0.4 is 15.8 Å². The molecule has 9 heteroatoms. The first-order valence-electron chi connectivity index (χ1n) is 8.01. The lowest BCUT2D eigenvalue weighted by Crippen LogP contribution is -2.51. The van der Waals surface area contributed by atoms with E-state index in [1.54, 1.807) is 43.6 Å². The summed E-state index contributed by atoms with van der Waals surface area (Å²) in [6.45, 7) is 4.43. The molecule has 1 amide bonds. The number of allylic oxidation sites excluding steroid dienone is 1. The summed E-state index contributed by atoms with van der Waals surface area (Å²) in [5.74, 6) is 0.0964. The summed E-state index contributed by atoms with van der Waals surface area (Å²) >= 11 is 4.25. The molecule has 0 aliphatic heterocycles. The number of carbonyl (C=O) groups is 1. The van der Waals surface area contributed by atoms with Crippen molar-refractivity contribution >= 4 is 24.1 Å². The van der Waals surface area contributed by atoms with Gasteiger partial charge < -0.3 is 26.0 Å². The monoisotopic (exact) mass is 380 g/mol. The van der Waals surface area contributed by atoms with Crippen molar-refractivity contribution in [1.29, 1.82) is 0 Å². The van der Waals surface area contributed by atoms with E-state index in [1.165, 1.54) is 0 Å². The second kappa shape index (κ2) is 7.98. The maximum absolute atomic E-state index is 12.7. The van der Waals surface area contributed by atoms with E-state index in [4.69, 9.17) is 10.5 Å². The Labute approximate surface area is 157 Å². The minimum absolute atomic E-state index is 0.212. The molecule has 0 aliphatic carbocycles. The van der Waals surface area contributed by atoms with Crippen LogP contribution in [-0.2, 0) is 0 Å². The third kappa shape index (κ3) is 4.29. The van der Waals surface area contributed by atoms with Gasteiger partial charge in [0, 0.05) is 22.9 Å². The summed E-state index contributed by atoms with van der Waals surface area (Å²) in [6.07, 6.45) is 1.68. The normalized spacial score (nSPS) is 12.8. The SMILES string of the molecule is C/C(N)=C(/S)COc1ccn2nc(C)c(C(=O)NC(C)(CO)CO)c2c1. The molecule has 2 rings (SSSR count).